The quantitative estimate of drug-likeness (QED) is 0.793. The van der Waals surface area contributed by atoms with Gasteiger partial charge in [-0.15, -0.1) is 0 Å². The molecule has 0 aromatic heterocycles. The van der Waals surface area contributed by atoms with Crippen molar-refractivity contribution < 1.29 is 4.39 Å². The van der Waals surface area contributed by atoms with Crippen molar-refractivity contribution >= 4 is 11.4 Å². The van der Waals surface area contributed by atoms with E-state index in [0.29, 0.717) is 12.2 Å². The van der Waals surface area contributed by atoms with E-state index in [2.05, 4.69) is 36.6 Å². The molecule has 0 spiro atoms. The molecule has 0 radical (unpaired) electrons. The van der Waals surface area contributed by atoms with Crippen LogP contribution in [0.25, 0.3) is 0 Å². The highest BCUT2D eigenvalue weighted by atomic mass is 19.1. The number of hydrogen-bond acceptors (Lipinski definition) is 2. The molecule has 0 heterocycles. The Morgan fingerprint density at radius 2 is 1.47 bits per heavy atom. The molecule has 19 heavy (non-hydrogen) atoms. The summed E-state index contributed by atoms with van der Waals surface area (Å²) in [6, 6.07) is 12.9. The lowest BCUT2D eigenvalue weighted by Gasteiger charge is -2.13. The molecule has 3 heteroatoms. The van der Waals surface area contributed by atoms with E-state index in [1.54, 1.807) is 12.1 Å². The second-order valence-corrected chi connectivity index (χ2v) is 4.60. The summed E-state index contributed by atoms with van der Waals surface area (Å²) in [6.07, 6.45) is 0. The van der Waals surface area contributed by atoms with Crippen molar-refractivity contribution in [3.63, 3.8) is 0 Å². The van der Waals surface area contributed by atoms with E-state index in [9.17, 15) is 4.39 Å². The Bertz CT molecular complexity index is 532. The lowest BCUT2D eigenvalue weighted by molar-refractivity contribution is 0.630. The maximum atomic E-state index is 13.4. The largest absolute Gasteiger partial charge is 0.383 e. The number of benzene rings is 2. The first-order valence-electron chi connectivity index (χ1n) is 6.47. The van der Waals surface area contributed by atoms with Gasteiger partial charge in [0.15, 0.2) is 0 Å². The van der Waals surface area contributed by atoms with Crippen molar-refractivity contribution in [2.24, 2.45) is 0 Å². The van der Waals surface area contributed by atoms with Crippen LogP contribution in [-0.4, -0.2) is 13.1 Å². The summed E-state index contributed by atoms with van der Waals surface area (Å²) < 4.78 is 13.4. The van der Waals surface area contributed by atoms with Gasteiger partial charge in [-0.25, -0.2) is 4.39 Å². The minimum absolute atomic E-state index is 0.213. The molecule has 2 N–H and O–H groups in total. The standard InChI is InChI=1S/C16H19FN2/c1-12-6-5-7-13(2)16(12)19-11-10-18-15-9-4-3-8-14(15)17/h3-9,18-19H,10-11H2,1-2H3. The van der Waals surface area contributed by atoms with Crippen molar-refractivity contribution in [1.29, 1.82) is 0 Å². The van der Waals surface area contributed by atoms with Crippen LogP contribution in [0.3, 0.4) is 0 Å². The van der Waals surface area contributed by atoms with Gasteiger partial charge in [0.1, 0.15) is 5.82 Å². The van der Waals surface area contributed by atoms with Crippen molar-refractivity contribution in [3.8, 4) is 0 Å². The highest BCUT2D eigenvalue weighted by Crippen LogP contribution is 2.19. The van der Waals surface area contributed by atoms with Gasteiger partial charge < -0.3 is 10.6 Å². The van der Waals surface area contributed by atoms with Gasteiger partial charge in [-0.3, -0.25) is 0 Å². The third-order valence-electron chi connectivity index (χ3n) is 3.10. The third-order valence-corrected chi connectivity index (χ3v) is 3.10. The molecule has 2 rings (SSSR count). The van der Waals surface area contributed by atoms with Gasteiger partial charge in [0.05, 0.1) is 5.69 Å². The number of halogens is 1. The second kappa shape index (κ2) is 6.23. The minimum atomic E-state index is -0.213. The fourth-order valence-electron chi connectivity index (χ4n) is 2.08. The molecule has 2 aromatic carbocycles. The molecule has 0 saturated carbocycles. The molecule has 0 atom stereocenters. The summed E-state index contributed by atoms with van der Waals surface area (Å²) >= 11 is 0. The first kappa shape index (κ1) is 13.4. The average molecular weight is 258 g/mol. The Hall–Kier alpha value is -2.03. The first-order chi connectivity index (χ1) is 9.18. The predicted molar refractivity (Wildman–Crippen MR) is 79.3 cm³/mol. The summed E-state index contributed by atoms with van der Waals surface area (Å²) in [5.74, 6) is -0.213. The molecule has 0 amide bonds. The fraction of sp³-hybridized carbons (Fsp3) is 0.250. The van der Waals surface area contributed by atoms with E-state index in [-0.39, 0.29) is 5.82 Å². The number of para-hydroxylation sites is 2. The van der Waals surface area contributed by atoms with E-state index in [1.807, 2.05) is 12.1 Å². The van der Waals surface area contributed by atoms with Crippen molar-refractivity contribution in [1.82, 2.24) is 0 Å². The lowest BCUT2D eigenvalue weighted by Crippen LogP contribution is -2.15. The zero-order chi connectivity index (χ0) is 13.7. The van der Waals surface area contributed by atoms with Gasteiger partial charge in [0.25, 0.3) is 0 Å². The van der Waals surface area contributed by atoms with Gasteiger partial charge >= 0.3 is 0 Å². The third kappa shape index (κ3) is 3.47. The van der Waals surface area contributed by atoms with Crippen molar-refractivity contribution in [3.05, 3.63) is 59.4 Å². The lowest BCUT2D eigenvalue weighted by atomic mass is 10.1. The summed E-state index contributed by atoms with van der Waals surface area (Å²) in [4.78, 5) is 0. The van der Waals surface area contributed by atoms with Crippen LogP contribution in [0, 0.1) is 19.7 Å². The van der Waals surface area contributed by atoms with Gasteiger partial charge in [-0.1, -0.05) is 30.3 Å². The van der Waals surface area contributed by atoms with Crippen LogP contribution in [0.1, 0.15) is 11.1 Å². The number of anilines is 2. The Morgan fingerprint density at radius 1 is 0.842 bits per heavy atom. The molecule has 0 unspecified atom stereocenters. The number of aryl methyl sites for hydroxylation is 2. The molecule has 0 saturated heterocycles. The zero-order valence-corrected chi connectivity index (χ0v) is 11.3. The fourth-order valence-corrected chi connectivity index (χ4v) is 2.08. The molecule has 0 aliphatic heterocycles. The van der Waals surface area contributed by atoms with E-state index >= 15 is 0 Å². The zero-order valence-electron chi connectivity index (χ0n) is 11.3. The second-order valence-electron chi connectivity index (χ2n) is 4.60. The number of nitrogens with one attached hydrogen (secondary N) is 2. The maximum absolute atomic E-state index is 13.4. The molecular formula is C16H19FN2. The van der Waals surface area contributed by atoms with Crippen LogP contribution >= 0.6 is 0 Å². The van der Waals surface area contributed by atoms with Gasteiger partial charge in [0, 0.05) is 18.8 Å². The first-order valence-corrected chi connectivity index (χ1v) is 6.47. The molecule has 100 valence electrons. The van der Waals surface area contributed by atoms with E-state index in [0.717, 1.165) is 12.2 Å². The van der Waals surface area contributed by atoms with Gasteiger partial charge in [-0.05, 0) is 37.1 Å². The van der Waals surface area contributed by atoms with Crippen LogP contribution in [-0.2, 0) is 0 Å². The van der Waals surface area contributed by atoms with E-state index in [4.69, 9.17) is 0 Å². The van der Waals surface area contributed by atoms with Crippen molar-refractivity contribution in [2.75, 3.05) is 23.7 Å². The van der Waals surface area contributed by atoms with Crippen molar-refractivity contribution in [2.45, 2.75) is 13.8 Å². The molecule has 0 fully saturated rings. The molecule has 2 nitrogen and oxygen atoms in total. The maximum Gasteiger partial charge on any atom is 0.146 e. The number of rotatable bonds is 5. The van der Waals surface area contributed by atoms with E-state index in [1.165, 1.54) is 17.2 Å². The van der Waals surface area contributed by atoms with Gasteiger partial charge in [0.2, 0.25) is 0 Å². The Balaban J connectivity index is 1.86. The molecular weight excluding hydrogens is 239 g/mol. The summed E-state index contributed by atoms with van der Waals surface area (Å²) in [5.41, 5.74) is 4.17. The van der Waals surface area contributed by atoms with Crippen LogP contribution in [0.2, 0.25) is 0 Å². The minimum Gasteiger partial charge on any atom is -0.383 e. The van der Waals surface area contributed by atoms with Crippen LogP contribution in [0.5, 0.6) is 0 Å². The molecule has 0 aliphatic rings. The summed E-state index contributed by atoms with van der Waals surface area (Å²) in [7, 11) is 0. The van der Waals surface area contributed by atoms with Crippen LogP contribution < -0.4 is 10.6 Å². The topological polar surface area (TPSA) is 24.1 Å². The molecule has 2 aromatic rings. The van der Waals surface area contributed by atoms with Crippen LogP contribution in [0.4, 0.5) is 15.8 Å². The SMILES string of the molecule is Cc1cccc(C)c1NCCNc1ccccc1F. The smallest absolute Gasteiger partial charge is 0.146 e. The Labute approximate surface area is 113 Å². The summed E-state index contributed by atoms with van der Waals surface area (Å²) in [6.45, 7) is 5.59. The molecule has 0 aliphatic carbocycles. The van der Waals surface area contributed by atoms with Crippen LogP contribution in [0.15, 0.2) is 42.5 Å². The number of hydrogen-bond donors (Lipinski definition) is 2. The van der Waals surface area contributed by atoms with Gasteiger partial charge in [-0.2, -0.15) is 0 Å². The normalized spacial score (nSPS) is 10.3. The highest BCUT2D eigenvalue weighted by molar-refractivity contribution is 5.56. The average Bonchev–Trinajstić information content (AvgIpc) is 2.39. The Kier molecular flexibility index (Phi) is 4.39. The monoisotopic (exact) mass is 258 g/mol. The Morgan fingerprint density at radius 3 is 2.16 bits per heavy atom. The van der Waals surface area contributed by atoms with E-state index < -0.39 is 0 Å². The molecule has 0 bridgehead atoms. The predicted octanol–water partition coefficient (Wildman–Crippen LogP) is 3.97. The summed E-state index contributed by atoms with van der Waals surface area (Å²) in [5, 5.41) is 6.47. The highest BCUT2D eigenvalue weighted by Gasteiger charge is 2.01.